The maximum atomic E-state index is 13.3. The van der Waals surface area contributed by atoms with Gasteiger partial charge in [0.2, 0.25) is 0 Å². The second-order valence-corrected chi connectivity index (χ2v) is 10.7. The van der Waals surface area contributed by atoms with E-state index in [1.54, 1.807) is 43.3 Å². The Morgan fingerprint density at radius 3 is 2.17 bits per heavy atom. The van der Waals surface area contributed by atoms with Crippen LogP contribution in [0.25, 0.3) is 11.3 Å². The Morgan fingerprint density at radius 1 is 0.850 bits per heavy atom. The summed E-state index contributed by atoms with van der Waals surface area (Å²) >= 11 is 0. The number of ether oxygens (including phenoxy) is 1. The lowest BCUT2D eigenvalue weighted by Gasteiger charge is -2.16. The molecule has 0 fully saturated rings. The number of nitrogens with one attached hydrogen (secondary N) is 3. The topological polar surface area (TPSA) is 114 Å². The Kier molecular flexibility index (Phi) is 7.65. The molecule has 0 saturated carbocycles. The van der Waals surface area contributed by atoms with E-state index < -0.39 is 10.0 Å². The summed E-state index contributed by atoms with van der Waals surface area (Å²) in [7, 11) is -3.82. The van der Waals surface area contributed by atoms with Crippen molar-refractivity contribution in [2.24, 2.45) is 0 Å². The first-order valence-electron chi connectivity index (χ1n) is 12.7. The van der Waals surface area contributed by atoms with Gasteiger partial charge in [0.25, 0.3) is 15.9 Å². The van der Waals surface area contributed by atoms with E-state index in [1.165, 1.54) is 12.1 Å². The van der Waals surface area contributed by atoms with Gasteiger partial charge in [-0.25, -0.2) is 8.42 Å². The molecule has 0 aliphatic carbocycles. The molecule has 3 N–H and O–H groups in total. The third-order valence-corrected chi connectivity index (χ3v) is 7.66. The van der Waals surface area contributed by atoms with Crippen molar-refractivity contribution >= 4 is 50.2 Å². The second kappa shape index (κ2) is 11.5. The first-order chi connectivity index (χ1) is 19.3. The first-order valence-corrected chi connectivity index (χ1v) is 14.2. The molecule has 5 rings (SSSR count). The summed E-state index contributed by atoms with van der Waals surface area (Å²) in [5.41, 5.74) is 4.67. The average molecular weight is 554 g/mol. The molecular weight excluding hydrogens is 526 g/mol. The molecule has 0 radical (unpaired) electrons. The fourth-order valence-corrected chi connectivity index (χ4v) is 5.48. The van der Waals surface area contributed by atoms with Gasteiger partial charge in [0.15, 0.2) is 0 Å². The largest absolute Gasteiger partial charge is 0.466 e. The van der Waals surface area contributed by atoms with Gasteiger partial charge in [-0.3, -0.25) is 14.3 Å². The van der Waals surface area contributed by atoms with Gasteiger partial charge in [-0.05, 0) is 60.5 Å². The minimum Gasteiger partial charge on any atom is -0.466 e. The molecule has 0 saturated heterocycles. The quantitative estimate of drug-likeness (QED) is 0.186. The van der Waals surface area contributed by atoms with Crippen molar-refractivity contribution < 1.29 is 22.7 Å². The molecule has 40 heavy (non-hydrogen) atoms. The molecule has 1 aliphatic heterocycles. The lowest BCUT2D eigenvalue weighted by molar-refractivity contribution is -0.142. The zero-order valence-corrected chi connectivity index (χ0v) is 22.5. The zero-order valence-electron chi connectivity index (χ0n) is 21.7. The van der Waals surface area contributed by atoms with Crippen molar-refractivity contribution in [1.29, 1.82) is 0 Å². The standard InChI is InChI=1S/C31H27N3O5S/c1-2-39-28(35)19-21-13-15-23(16-14-21)32-30(22-9-5-3-6-10-22)29-26-20-24(17-18-27(26)33-31(29)36)34-40(37,38)25-11-7-4-8-12-25/h3-18,20,32,34H,2,19H2,1H3,(H,33,36). The SMILES string of the molecule is CCOC(=O)Cc1ccc(NC(=C2C(=O)Nc3ccc(NS(=O)(=O)c4ccccc4)cc32)c2ccccc2)cc1. The molecule has 0 aromatic heterocycles. The predicted molar refractivity (Wildman–Crippen MR) is 156 cm³/mol. The Hall–Kier alpha value is -4.89. The van der Waals surface area contributed by atoms with E-state index in [9.17, 15) is 18.0 Å². The fourth-order valence-electron chi connectivity index (χ4n) is 4.41. The first kappa shape index (κ1) is 26.7. The van der Waals surface area contributed by atoms with Gasteiger partial charge < -0.3 is 15.4 Å². The molecule has 0 spiro atoms. The highest BCUT2D eigenvalue weighted by molar-refractivity contribution is 7.92. The Balaban J connectivity index is 1.52. The van der Waals surface area contributed by atoms with Gasteiger partial charge >= 0.3 is 5.97 Å². The molecule has 0 unspecified atom stereocenters. The number of hydrogen-bond donors (Lipinski definition) is 3. The third kappa shape index (κ3) is 5.89. The third-order valence-electron chi connectivity index (χ3n) is 6.26. The summed E-state index contributed by atoms with van der Waals surface area (Å²) in [4.78, 5) is 25.3. The summed E-state index contributed by atoms with van der Waals surface area (Å²) in [6, 6.07) is 29.7. The van der Waals surface area contributed by atoms with Crippen LogP contribution in [0.1, 0.15) is 23.6 Å². The van der Waals surface area contributed by atoms with E-state index in [1.807, 2.05) is 54.6 Å². The van der Waals surface area contributed by atoms with Gasteiger partial charge in [-0.1, -0.05) is 60.7 Å². The number of rotatable bonds is 9. The van der Waals surface area contributed by atoms with Crippen molar-refractivity contribution in [2.75, 3.05) is 22.0 Å². The highest BCUT2D eigenvalue weighted by Crippen LogP contribution is 2.39. The van der Waals surface area contributed by atoms with Crippen LogP contribution in [0, 0.1) is 0 Å². The van der Waals surface area contributed by atoms with Gasteiger partial charge in [-0.15, -0.1) is 0 Å². The van der Waals surface area contributed by atoms with Crippen molar-refractivity contribution in [3.8, 4) is 0 Å². The number of esters is 1. The smallest absolute Gasteiger partial charge is 0.310 e. The molecule has 0 bridgehead atoms. The van der Waals surface area contributed by atoms with E-state index in [4.69, 9.17) is 4.74 Å². The summed E-state index contributed by atoms with van der Waals surface area (Å²) in [6.45, 7) is 2.09. The van der Waals surface area contributed by atoms with Crippen LogP contribution in [0.15, 0.2) is 108 Å². The van der Waals surface area contributed by atoms with Crippen LogP contribution in [-0.2, 0) is 30.8 Å². The number of sulfonamides is 1. The summed E-state index contributed by atoms with van der Waals surface area (Å²) < 4.78 is 33.5. The minimum atomic E-state index is -3.82. The van der Waals surface area contributed by atoms with Gasteiger partial charge in [0.05, 0.1) is 29.2 Å². The van der Waals surface area contributed by atoms with Gasteiger partial charge in [0, 0.05) is 22.6 Å². The number of hydrogen-bond acceptors (Lipinski definition) is 6. The van der Waals surface area contributed by atoms with Gasteiger partial charge in [0.1, 0.15) is 0 Å². The minimum absolute atomic E-state index is 0.138. The highest BCUT2D eigenvalue weighted by atomic mass is 32.2. The number of benzene rings is 4. The van der Waals surface area contributed by atoms with E-state index >= 15 is 0 Å². The van der Waals surface area contributed by atoms with Crippen LogP contribution in [0.3, 0.4) is 0 Å². The number of amides is 1. The molecule has 9 heteroatoms. The fraction of sp³-hybridized carbons (Fsp3) is 0.0968. The zero-order chi connectivity index (χ0) is 28.1. The lowest BCUT2D eigenvalue weighted by Crippen LogP contribution is -2.13. The van der Waals surface area contributed by atoms with E-state index in [-0.39, 0.29) is 23.2 Å². The Labute approximate surface area is 232 Å². The van der Waals surface area contributed by atoms with Gasteiger partial charge in [-0.2, -0.15) is 0 Å². The van der Waals surface area contributed by atoms with E-state index in [2.05, 4.69) is 15.4 Å². The monoisotopic (exact) mass is 553 g/mol. The number of carbonyl (C=O) groups excluding carboxylic acids is 2. The molecule has 4 aromatic rings. The maximum Gasteiger partial charge on any atom is 0.310 e. The average Bonchev–Trinajstić information content (AvgIpc) is 3.28. The summed E-state index contributed by atoms with van der Waals surface area (Å²) in [5, 5.41) is 6.25. The van der Waals surface area contributed by atoms with Crippen molar-refractivity contribution in [3.63, 3.8) is 0 Å². The summed E-state index contributed by atoms with van der Waals surface area (Å²) in [5.74, 6) is -0.614. The molecule has 4 aromatic carbocycles. The van der Waals surface area contributed by atoms with Crippen LogP contribution >= 0.6 is 0 Å². The number of fused-ring (bicyclic) bond motifs is 1. The predicted octanol–water partition coefficient (Wildman–Crippen LogP) is 5.53. The van der Waals surface area contributed by atoms with Crippen LogP contribution < -0.4 is 15.4 Å². The van der Waals surface area contributed by atoms with Crippen LogP contribution in [0.2, 0.25) is 0 Å². The maximum absolute atomic E-state index is 13.3. The Bertz CT molecular complexity index is 1680. The summed E-state index contributed by atoms with van der Waals surface area (Å²) in [6.07, 6.45) is 0.165. The van der Waals surface area contributed by atoms with Crippen molar-refractivity contribution in [2.45, 2.75) is 18.2 Å². The normalized spacial score (nSPS) is 13.7. The molecule has 1 heterocycles. The molecular formula is C31H27N3O5S. The van der Waals surface area contributed by atoms with Crippen molar-refractivity contribution in [1.82, 2.24) is 0 Å². The molecule has 1 amide bonds. The van der Waals surface area contributed by atoms with Crippen LogP contribution in [0.5, 0.6) is 0 Å². The molecule has 0 atom stereocenters. The number of anilines is 3. The van der Waals surface area contributed by atoms with E-state index in [0.717, 1.165) is 11.1 Å². The van der Waals surface area contributed by atoms with Crippen LogP contribution in [0.4, 0.5) is 17.1 Å². The van der Waals surface area contributed by atoms with E-state index in [0.29, 0.717) is 40.5 Å². The number of carbonyl (C=O) groups is 2. The molecule has 8 nitrogen and oxygen atoms in total. The van der Waals surface area contributed by atoms with Crippen LogP contribution in [-0.4, -0.2) is 26.9 Å². The lowest BCUT2D eigenvalue weighted by atomic mass is 9.99. The van der Waals surface area contributed by atoms with Crippen molar-refractivity contribution in [3.05, 3.63) is 120 Å². The molecule has 202 valence electrons. The Morgan fingerprint density at radius 2 is 1.50 bits per heavy atom. The molecule has 1 aliphatic rings. The second-order valence-electron chi connectivity index (χ2n) is 9.05. The highest BCUT2D eigenvalue weighted by Gasteiger charge is 2.29.